The fourth-order valence-corrected chi connectivity index (χ4v) is 3.17. The molecule has 0 bridgehead atoms. The lowest BCUT2D eigenvalue weighted by Gasteiger charge is -2.35. The first kappa shape index (κ1) is 13.3. The van der Waals surface area contributed by atoms with Gasteiger partial charge in [-0.15, -0.1) is 0 Å². The van der Waals surface area contributed by atoms with Gasteiger partial charge < -0.3 is 15.0 Å². The molecule has 0 spiro atoms. The Balaban J connectivity index is 1.87. The zero-order valence-corrected chi connectivity index (χ0v) is 12.3. The smallest absolute Gasteiger partial charge is 0.410 e. The molecule has 0 radical (unpaired) electrons. The van der Waals surface area contributed by atoms with Crippen LogP contribution in [0.25, 0.3) is 0 Å². The van der Waals surface area contributed by atoms with Gasteiger partial charge in [-0.3, -0.25) is 0 Å². The lowest BCUT2D eigenvalue weighted by molar-refractivity contribution is 0.0205. The molecule has 2 aliphatic heterocycles. The quantitative estimate of drug-likeness (QED) is 0.788. The second kappa shape index (κ2) is 4.69. The predicted octanol–water partition coefficient (Wildman–Crippen LogP) is 3.41. The predicted molar refractivity (Wildman–Crippen MR) is 78.7 cm³/mol. The van der Waals surface area contributed by atoms with Gasteiger partial charge in [0.25, 0.3) is 0 Å². The summed E-state index contributed by atoms with van der Waals surface area (Å²) in [5.41, 5.74) is 1.91. The Morgan fingerprint density at radius 3 is 2.85 bits per heavy atom. The Kier molecular flexibility index (Phi) is 3.11. The SMILES string of the molecule is CC(C)(C)OC(=O)N1CC[C@H]2CNc3ccccc3[C@H]21. The second-order valence-corrected chi connectivity index (χ2v) is 6.64. The summed E-state index contributed by atoms with van der Waals surface area (Å²) in [5.74, 6) is 0.484. The van der Waals surface area contributed by atoms with Crippen LogP contribution in [0.3, 0.4) is 0 Å². The van der Waals surface area contributed by atoms with Gasteiger partial charge >= 0.3 is 6.09 Å². The number of anilines is 1. The van der Waals surface area contributed by atoms with E-state index in [1.807, 2.05) is 37.8 Å². The molecule has 0 unspecified atom stereocenters. The maximum atomic E-state index is 12.4. The van der Waals surface area contributed by atoms with Crippen molar-refractivity contribution in [3.8, 4) is 0 Å². The van der Waals surface area contributed by atoms with Crippen LogP contribution in [0.15, 0.2) is 24.3 Å². The van der Waals surface area contributed by atoms with Crippen LogP contribution >= 0.6 is 0 Å². The molecule has 2 heterocycles. The van der Waals surface area contributed by atoms with Crippen LogP contribution in [-0.4, -0.2) is 29.7 Å². The van der Waals surface area contributed by atoms with Crippen LogP contribution in [0.2, 0.25) is 0 Å². The molecule has 0 aliphatic carbocycles. The molecule has 3 rings (SSSR count). The Morgan fingerprint density at radius 1 is 1.35 bits per heavy atom. The number of carbonyl (C=O) groups excluding carboxylic acids is 1. The van der Waals surface area contributed by atoms with E-state index in [9.17, 15) is 4.79 Å². The standard InChI is InChI=1S/C16H22N2O2/c1-16(2,3)20-15(19)18-9-8-11-10-17-13-7-5-4-6-12(13)14(11)18/h4-7,11,14,17H,8-10H2,1-3H3/t11-,14-/m0/s1. The zero-order valence-electron chi connectivity index (χ0n) is 12.3. The van der Waals surface area contributed by atoms with E-state index in [0.29, 0.717) is 5.92 Å². The lowest BCUT2D eigenvalue weighted by Crippen LogP contribution is -2.39. The molecular weight excluding hydrogens is 252 g/mol. The van der Waals surface area contributed by atoms with Gasteiger partial charge in [-0.05, 0) is 38.8 Å². The number of rotatable bonds is 0. The summed E-state index contributed by atoms with van der Waals surface area (Å²) in [6.45, 7) is 7.44. The van der Waals surface area contributed by atoms with Crippen LogP contribution in [0.1, 0.15) is 38.8 Å². The van der Waals surface area contributed by atoms with Crippen molar-refractivity contribution in [2.75, 3.05) is 18.4 Å². The Hall–Kier alpha value is -1.71. The third kappa shape index (κ3) is 2.35. The maximum Gasteiger partial charge on any atom is 0.410 e. The van der Waals surface area contributed by atoms with Crippen LogP contribution in [-0.2, 0) is 4.74 Å². The number of nitrogens with one attached hydrogen (secondary N) is 1. The molecule has 20 heavy (non-hydrogen) atoms. The highest BCUT2D eigenvalue weighted by molar-refractivity contribution is 5.71. The van der Waals surface area contributed by atoms with Crippen molar-refractivity contribution >= 4 is 11.8 Å². The minimum atomic E-state index is -0.443. The first-order chi connectivity index (χ1) is 9.46. The number of fused-ring (bicyclic) bond motifs is 3. The number of carbonyl (C=O) groups is 1. The summed E-state index contributed by atoms with van der Waals surface area (Å²) in [4.78, 5) is 14.3. The van der Waals surface area contributed by atoms with Crippen LogP contribution in [0, 0.1) is 5.92 Å². The molecule has 4 heteroatoms. The average molecular weight is 274 g/mol. The van der Waals surface area contributed by atoms with Gasteiger partial charge in [0.15, 0.2) is 0 Å². The molecular formula is C16H22N2O2. The number of hydrogen-bond acceptors (Lipinski definition) is 3. The molecule has 108 valence electrons. The molecule has 1 fully saturated rings. The fourth-order valence-electron chi connectivity index (χ4n) is 3.17. The van der Waals surface area contributed by atoms with Crippen LogP contribution < -0.4 is 5.32 Å². The van der Waals surface area contributed by atoms with Crippen molar-refractivity contribution in [3.05, 3.63) is 29.8 Å². The van der Waals surface area contributed by atoms with Crippen molar-refractivity contribution in [3.63, 3.8) is 0 Å². The molecule has 2 atom stereocenters. The molecule has 2 aliphatic rings. The zero-order chi connectivity index (χ0) is 14.3. The normalized spacial score (nSPS) is 24.6. The van der Waals surface area contributed by atoms with Gasteiger partial charge in [-0.1, -0.05) is 18.2 Å². The van der Waals surface area contributed by atoms with Crippen molar-refractivity contribution in [1.82, 2.24) is 4.90 Å². The highest BCUT2D eigenvalue weighted by atomic mass is 16.6. The lowest BCUT2D eigenvalue weighted by atomic mass is 9.89. The molecule has 1 amide bonds. The maximum absolute atomic E-state index is 12.4. The molecule has 1 aromatic carbocycles. The fraction of sp³-hybridized carbons (Fsp3) is 0.562. The highest BCUT2D eigenvalue weighted by Gasteiger charge is 2.42. The summed E-state index contributed by atoms with van der Waals surface area (Å²) in [6.07, 6.45) is 0.840. The van der Waals surface area contributed by atoms with Crippen molar-refractivity contribution in [1.29, 1.82) is 0 Å². The van der Waals surface area contributed by atoms with E-state index in [1.54, 1.807) is 0 Å². The van der Waals surface area contributed by atoms with Crippen LogP contribution in [0.5, 0.6) is 0 Å². The van der Waals surface area contributed by atoms with E-state index in [4.69, 9.17) is 4.74 Å². The third-order valence-electron chi connectivity index (χ3n) is 3.99. The number of amides is 1. The molecule has 0 saturated carbocycles. The van der Waals surface area contributed by atoms with E-state index in [2.05, 4.69) is 17.4 Å². The highest BCUT2D eigenvalue weighted by Crippen LogP contribution is 2.43. The summed E-state index contributed by atoms with van der Waals surface area (Å²) in [6, 6.07) is 8.41. The molecule has 4 nitrogen and oxygen atoms in total. The molecule has 1 N–H and O–H groups in total. The second-order valence-electron chi connectivity index (χ2n) is 6.64. The minimum Gasteiger partial charge on any atom is -0.444 e. The number of ether oxygens (including phenoxy) is 1. The van der Waals surface area contributed by atoms with Gasteiger partial charge in [0, 0.05) is 24.7 Å². The van der Waals surface area contributed by atoms with E-state index in [1.165, 1.54) is 5.56 Å². The van der Waals surface area contributed by atoms with Gasteiger partial charge in [0.05, 0.1) is 6.04 Å². The monoisotopic (exact) mass is 274 g/mol. The first-order valence-corrected chi connectivity index (χ1v) is 7.28. The Morgan fingerprint density at radius 2 is 2.10 bits per heavy atom. The Bertz CT molecular complexity index is 521. The van der Waals surface area contributed by atoms with E-state index >= 15 is 0 Å². The minimum absolute atomic E-state index is 0.155. The van der Waals surface area contributed by atoms with Crippen molar-refractivity contribution < 1.29 is 9.53 Å². The van der Waals surface area contributed by atoms with Crippen LogP contribution in [0.4, 0.5) is 10.5 Å². The summed E-state index contributed by atoms with van der Waals surface area (Å²) < 4.78 is 5.55. The molecule has 0 aromatic heterocycles. The van der Waals surface area contributed by atoms with E-state index in [0.717, 1.165) is 25.2 Å². The topological polar surface area (TPSA) is 41.6 Å². The molecule has 1 saturated heterocycles. The number of likely N-dealkylation sites (tertiary alicyclic amines) is 1. The van der Waals surface area contributed by atoms with E-state index in [-0.39, 0.29) is 12.1 Å². The van der Waals surface area contributed by atoms with Gasteiger partial charge in [-0.25, -0.2) is 4.79 Å². The Labute approximate surface area is 120 Å². The number of hydrogen-bond donors (Lipinski definition) is 1. The summed E-state index contributed by atoms with van der Waals surface area (Å²) in [5, 5.41) is 3.46. The summed E-state index contributed by atoms with van der Waals surface area (Å²) >= 11 is 0. The molecule has 1 aromatic rings. The third-order valence-corrected chi connectivity index (χ3v) is 3.99. The first-order valence-electron chi connectivity index (χ1n) is 7.28. The van der Waals surface area contributed by atoms with Gasteiger partial charge in [-0.2, -0.15) is 0 Å². The van der Waals surface area contributed by atoms with E-state index < -0.39 is 5.60 Å². The van der Waals surface area contributed by atoms with Crippen molar-refractivity contribution in [2.45, 2.75) is 38.8 Å². The van der Waals surface area contributed by atoms with Gasteiger partial charge in [0.1, 0.15) is 5.60 Å². The van der Waals surface area contributed by atoms with Crippen molar-refractivity contribution in [2.24, 2.45) is 5.92 Å². The average Bonchev–Trinajstić information content (AvgIpc) is 2.81. The number of para-hydroxylation sites is 1. The summed E-state index contributed by atoms with van der Waals surface area (Å²) in [7, 11) is 0. The largest absolute Gasteiger partial charge is 0.444 e. The number of benzene rings is 1. The number of nitrogens with zero attached hydrogens (tertiary/aromatic N) is 1. The van der Waals surface area contributed by atoms with Gasteiger partial charge in [0.2, 0.25) is 0 Å².